The molecule has 0 aromatic rings. The predicted molar refractivity (Wildman–Crippen MR) is 34.6 cm³/mol. The topological polar surface area (TPSA) is 98.0 Å². The van der Waals surface area contributed by atoms with E-state index in [2.05, 4.69) is 0 Å². The number of hydrogen-bond donors (Lipinski definition) is 4. The standard InChI is InChI=1S/C4H8O5.K.H2/c5-1-2(6)3(7)4(8)9;;/h2-3,5-7H,1H2,(H,8,9);;1H/t2-,3-;;/m1../s1. The van der Waals surface area contributed by atoms with Crippen LogP contribution in [0.25, 0.3) is 0 Å². The summed E-state index contributed by atoms with van der Waals surface area (Å²) in [6.45, 7) is -0.756. The molecule has 5 nitrogen and oxygen atoms in total. The first kappa shape index (κ1) is 13.6. The van der Waals surface area contributed by atoms with Gasteiger partial charge in [-0.05, 0) is 0 Å². The number of aliphatic carboxylic acids is 1. The number of aliphatic hydroxyl groups is 3. The summed E-state index contributed by atoms with van der Waals surface area (Å²) in [6, 6.07) is 0. The number of rotatable bonds is 3. The zero-order valence-corrected chi connectivity index (χ0v) is 8.68. The third-order valence-corrected chi connectivity index (χ3v) is 0.805. The molecule has 0 saturated heterocycles. The Labute approximate surface area is 102 Å². The van der Waals surface area contributed by atoms with Gasteiger partial charge in [-0.15, -0.1) is 0 Å². The maximum absolute atomic E-state index is 9.78. The average molecular weight is 177 g/mol. The van der Waals surface area contributed by atoms with Crippen LogP contribution >= 0.6 is 0 Å². The molecule has 0 aromatic heterocycles. The molecular formula is C4H10KO5. The van der Waals surface area contributed by atoms with Gasteiger partial charge in [0.25, 0.3) is 0 Å². The summed E-state index contributed by atoms with van der Waals surface area (Å²) >= 11 is 0. The number of aliphatic hydroxyl groups excluding tert-OH is 3. The van der Waals surface area contributed by atoms with E-state index in [0.29, 0.717) is 0 Å². The van der Waals surface area contributed by atoms with Crippen LogP contribution in [0.15, 0.2) is 0 Å². The van der Waals surface area contributed by atoms with Crippen molar-refractivity contribution in [1.29, 1.82) is 0 Å². The van der Waals surface area contributed by atoms with Gasteiger partial charge in [0.05, 0.1) is 6.61 Å². The molecule has 0 saturated carbocycles. The van der Waals surface area contributed by atoms with Crippen LogP contribution in [0.5, 0.6) is 0 Å². The minimum Gasteiger partial charge on any atom is -0.479 e. The second-order valence-corrected chi connectivity index (χ2v) is 1.53. The van der Waals surface area contributed by atoms with Crippen LogP contribution in [0.1, 0.15) is 1.43 Å². The third-order valence-electron chi connectivity index (χ3n) is 0.805. The summed E-state index contributed by atoms with van der Waals surface area (Å²) in [5.41, 5.74) is 0. The first-order valence-corrected chi connectivity index (χ1v) is 2.29. The Kier molecular flexibility index (Phi) is 9.07. The van der Waals surface area contributed by atoms with Gasteiger partial charge < -0.3 is 20.4 Å². The van der Waals surface area contributed by atoms with E-state index >= 15 is 0 Å². The van der Waals surface area contributed by atoms with Gasteiger partial charge >= 0.3 is 5.97 Å². The van der Waals surface area contributed by atoms with Gasteiger partial charge in [-0.3, -0.25) is 0 Å². The fourth-order valence-corrected chi connectivity index (χ4v) is 0.264. The van der Waals surface area contributed by atoms with Gasteiger partial charge in [0.15, 0.2) is 6.10 Å². The number of carboxylic acids is 1. The second-order valence-electron chi connectivity index (χ2n) is 1.53. The molecule has 0 spiro atoms. The number of hydrogen-bond acceptors (Lipinski definition) is 4. The molecule has 0 fully saturated rings. The van der Waals surface area contributed by atoms with Crippen molar-refractivity contribution in [2.45, 2.75) is 12.2 Å². The molecule has 0 rings (SSSR count). The predicted octanol–water partition coefficient (Wildman–Crippen LogP) is -2.35. The van der Waals surface area contributed by atoms with Gasteiger partial charge in [-0.2, -0.15) is 0 Å². The molecular weight excluding hydrogens is 167 g/mol. The minimum atomic E-state index is -1.89. The molecule has 4 N–H and O–H groups in total. The summed E-state index contributed by atoms with van der Waals surface area (Å²) in [7, 11) is 0. The normalized spacial score (nSPS) is 15.1. The van der Waals surface area contributed by atoms with Crippen LogP contribution in [-0.4, -0.2) is 96.6 Å². The Bertz CT molecular complexity index is 111. The Morgan fingerprint density at radius 2 is 1.90 bits per heavy atom. The molecule has 2 atom stereocenters. The van der Waals surface area contributed by atoms with Crippen molar-refractivity contribution in [3.05, 3.63) is 0 Å². The molecule has 1 radical (unpaired) electrons. The molecule has 0 heterocycles. The zero-order chi connectivity index (χ0) is 7.44. The van der Waals surface area contributed by atoms with Crippen molar-refractivity contribution >= 4 is 57.4 Å². The largest absolute Gasteiger partial charge is 0.479 e. The molecule has 0 aromatic carbocycles. The van der Waals surface area contributed by atoms with Crippen LogP contribution in [0.2, 0.25) is 0 Å². The van der Waals surface area contributed by atoms with Gasteiger partial charge in [-0.25, -0.2) is 4.79 Å². The van der Waals surface area contributed by atoms with E-state index in [1.54, 1.807) is 0 Å². The first-order valence-electron chi connectivity index (χ1n) is 2.29. The molecule has 57 valence electrons. The Hall–Kier alpha value is 0.986. The smallest absolute Gasteiger partial charge is 0.335 e. The quantitative estimate of drug-likeness (QED) is 0.362. The SMILES string of the molecule is O=C(O)[C@H](O)[C@H](O)CO.[HH].[K]. The van der Waals surface area contributed by atoms with Crippen LogP contribution in [0.4, 0.5) is 0 Å². The third kappa shape index (κ3) is 4.75. The van der Waals surface area contributed by atoms with E-state index in [-0.39, 0.29) is 52.8 Å². The maximum Gasteiger partial charge on any atom is 0.335 e. The van der Waals surface area contributed by atoms with Crippen molar-refractivity contribution < 1.29 is 26.6 Å². The molecule has 10 heavy (non-hydrogen) atoms. The summed E-state index contributed by atoms with van der Waals surface area (Å²) in [5.74, 6) is -1.54. The second kappa shape index (κ2) is 6.68. The van der Waals surface area contributed by atoms with Crippen molar-refractivity contribution in [1.82, 2.24) is 0 Å². The Morgan fingerprint density at radius 1 is 1.50 bits per heavy atom. The number of carboxylic acid groups (broad SMARTS) is 1. The van der Waals surface area contributed by atoms with Crippen molar-refractivity contribution in [3.63, 3.8) is 0 Å². The summed E-state index contributed by atoms with van der Waals surface area (Å²) in [6.07, 6.45) is -3.49. The Morgan fingerprint density at radius 3 is 2.00 bits per heavy atom. The van der Waals surface area contributed by atoms with E-state index in [1.807, 2.05) is 0 Å². The molecule has 0 aliphatic carbocycles. The van der Waals surface area contributed by atoms with Crippen LogP contribution in [-0.2, 0) is 4.79 Å². The van der Waals surface area contributed by atoms with Gasteiger partial charge in [0.2, 0.25) is 0 Å². The fourth-order valence-electron chi connectivity index (χ4n) is 0.264. The van der Waals surface area contributed by atoms with Crippen molar-refractivity contribution in [2.24, 2.45) is 0 Å². The van der Waals surface area contributed by atoms with Crippen molar-refractivity contribution in [3.8, 4) is 0 Å². The van der Waals surface area contributed by atoms with E-state index < -0.39 is 24.8 Å². The van der Waals surface area contributed by atoms with Crippen molar-refractivity contribution in [2.75, 3.05) is 6.61 Å². The fraction of sp³-hybridized carbons (Fsp3) is 0.750. The van der Waals surface area contributed by atoms with Gasteiger partial charge in [0.1, 0.15) is 6.10 Å². The molecule has 0 unspecified atom stereocenters. The summed E-state index contributed by atoms with van der Waals surface area (Å²) < 4.78 is 0. The van der Waals surface area contributed by atoms with E-state index in [9.17, 15) is 4.79 Å². The van der Waals surface area contributed by atoms with Crippen LogP contribution < -0.4 is 0 Å². The average Bonchev–Trinajstić information content (AvgIpc) is 1.84. The van der Waals surface area contributed by atoms with Crippen LogP contribution in [0, 0.1) is 0 Å². The minimum absolute atomic E-state index is 0. The molecule has 0 aliphatic heterocycles. The summed E-state index contributed by atoms with van der Waals surface area (Å²) in [4.78, 5) is 9.78. The van der Waals surface area contributed by atoms with Crippen LogP contribution in [0.3, 0.4) is 0 Å². The van der Waals surface area contributed by atoms with E-state index in [4.69, 9.17) is 20.4 Å². The number of carbonyl (C=O) groups is 1. The molecule has 0 amide bonds. The van der Waals surface area contributed by atoms with Gasteiger partial charge in [-0.1, -0.05) is 0 Å². The zero-order valence-electron chi connectivity index (χ0n) is 5.56. The van der Waals surface area contributed by atoms with Gasteiger partial charge in [0, 0.05) is 52.8 Å². The molecule has 0 bridgehead atoms. The molecule has 6 heteroatoms. The van der Waals surface area contributed by atoms with E-state index in [0.717, 1.165) is 0 Å². The Balaban J connectivity index is -0.000000320. The summed E-state index contributed by atoms with van der Waals surface area (Å²) in [5, 5.41) is 32.8. The monoisotopic (exact) mass is 177 g/mol. The maximum atomic E-state index is 9.78. The van der Waals surface area contributed by atoms with E-state index in [1.165, 1.54) is 0 Å². The molecule has 0 aliphatic rings. The first-order chi connectivity index (χ1) is 4.09.